The Kier molecular flexibility index (Phi) is 56.9. The van der Waals surface area contributed by atoms with E-state index in [-0.39, 0.29) is 25.2 Å². The summed E-state index contributed by atoms with van der Waals surface area (Å²) < 4.78 is 17.5. The van der Waals surface area contributed by atoms with Gasteiger partial charge in [-0.2, -0.15) is 0 Å². The molecule has 0 N–H and O–H groups in total. The van der Waals surface area contributed by atoms with Gasteiger partial charge in [-0.1, -0.05) is 252 Å². The maximum Gasteiger partial charge on any atom is 0.305 e. The Bertz CT molecular complexity index is 1380. The van der Waals surface area contributed by atoms with Crippen molar-refractivity contribution in [2.45, 2.75) is 271 Å². The first-order chi connectivity index (χ1) is 34.6. The van der Waals surface area contributed by atoms with Gasteiger partial charge in [0.1, 0.15) is 19.3 Å². The van der Waals surface area contributed by atoms with Gasteiger partial charge in [-0.05, 0) is 109 Å². The quantitative estimate of drug-likeness (QED) is 0.0345. The lowest BCUT2D eigenvalue weighted by Crippen LogP contribution is -2.29. The maximum absolute atomic E-state index is 12.7. The SMILES string of the molecule is CC/C=C\C/C=C\C/C=C\C/C=C\C/C=C\CCCCCC(=O)OC[C@H](COC(=O)CCCCC/C=C\C/C=C\C/C=C\C/C=C\CCCCC)OCCCCCCCCCCCCCCCCCC. The van der Waals surface area contributed by atoms with Crippen molar-refractivity contribution in [3.63, 3.8) is 0 Å². The summed E-state index contributed by atoms with van der Waals surface area (Å²) in [6.45, 7) is 7.53. The minimum absolute atomic E-state index is 0.125. The fraction of sp³-hybridized carbons (Fsp3) is 0.692. The lowest BCUT2D eigenvalue weighted by molar-refractivity contribution is -0.155. The summed E-state index contributed by atoms with van der Waals surface area (Å²) in [6.07, 6.45) is 82.7. The topological polar surface area (TPSA) is 61.8 Å². The van der Waals surface area contributed by atoms with Gasteiger partial charge in [-0.15, -0.1) is 0 Å². The highest BCUT2D eigenvalue weighted by atomic mass is 16.6. The van der Waals surface area contributed by atoms with Crippen LogP contribution in [0.4, 0.5) is 0 Å². The first-order valence-electron chi connectivity index (χ1n) is 29.4. The molecule has 0 saturated heterocycles. The van der Waals surface area contributed by atoms with Crippen LogP contribution in [0.1, 0.15) is 265 Å². The Morgan fingerprint density at radius 1 is 0.314 bits per heavy atom. The van der Waals surface area contributed by atoms with Crippen LogP contribution >= 0.6 is 0 Å². The number of rotatable bonds is 53. The van der Waals surface area contributed by atoms with Crippen molar-refractivity contribution in [3.8, 4) is 0 Å². The Hall–Kier alpha value is -3.44. The van der Waals surface area contributed by atoms with Crippen molar-refractivity contribution in [2.24, 2.45) is 0 Å². The van der Waals surface area contributed by atoms with E-state index in [1.165, 1.54) is 116 Å². The van der Waals surface area contributed by atoms with Crippen LogP contribution in [0.5, 0.6) is 0 Å². The van der Waals surface area contributed by atoms with Crippen LogP contribution in [0.3, 0.4) is 0 Å². The summed E-state index contributed by atoms with van der Waals surface area (Å²) in [6, 6.07) is 0. The highest BCUT2D eigenvalue weighted by Gasteiger charge is 2.16. The van der Waals surface area contributed by atoms with E-state index in [0.29, 0.717) is 19.4 Å². The van der Waals surface area contributed by atoms with Crippen LogP contribution in [0, 0.1) is 0 Å². The summed E-state index contributed by atoms with van der Waals surface area (Å²) in [7, 11) is 0. The predicted octanol–water partition coefficient (Wildman–Crippen LogP) is 20.3. The molecule has 0 aliphatic carbocycles. The summed E-state index contributed by atoms with van der Waals surface area (Å²) in [4.78, 5) is 25.3. The van der Waals surface area contributed by atoms with E-state index in [1.807, 2.05) is 0 Å². The Morgan fingerprint density at radius 3 is 0.929 bits per heavy atom. The smallest absolute Gasteiger partial charge is 0.305 e. The molecule has 0 amide bonds. The molecule has 5 nitrogen and oxygen atoms in total. The monoisotopic (exact) mass is 971 g/mol. The van der Waals surface area contributed by atoms with Gasteiger partial charge in [-0.3, -0.25) is 9.59 Å². The van der Waals surface area contributed by atoms with Crippen molar-refractivity contribution in [1.82, 2.24) is 0 Å². The zero-order chi connectivity index (χ0) is 50.6. The summed E-state index contributed by atoms with van der Waals surface area (Å²) >= 11 is 0. The van der Waals surface area contributed by atoms with E-state index < -0.39 is 6.10 Å². The Labute approximate surface area is 434 Å². The first-order valence-corrected chi connectivity index (χ1v) is 29.4. The molecule has 0 saturated carbocycles. The molecule has 0 fully saturated rings. The molecule has 0 rings (SSSR count). The number of allylic oxidation sites excluding steroid dienone is 18. The van der Waals surface area contributed by atoms with Crippen LogP contribution < -0.4 is 0 Å². The van der Waals surface area contributed by atoms with Gasteiger partial charge in [0.05, 0.1) is 0 Å². The summed E-state index contributed by atoms with van der Waals surface area (Å²) in [5.74, 6) is -0.404. The van der Waals surface area contributed by atoms with Crippen molar-refractivity contribution in [3.05, 3.63) is 109 Å². The van der Waals surface area contributed by atoms with Crippen molar-refractivity contribution in [1.29, 1.82) is 0 Å². The van der Waals surface area contributed by atoms with E-state index in [4.69, 9.17) is 14.2 Å². The number of hydrogen-bond donors (Lipinski definition) is 0. The Morgan fingerprint density at radius 2 is 0.586 bits per heavy atom. The molecule has 70 heavy (non-hydrogen) atoms. The molecule has 0 radical (unpaired) electrons. The minimum Gasteiger partial charge on any atom is -0.463 e. The third-order valence-electron chi connectivity index (χ3n) is 12.3. The average molecular weight is 972 g/mol. The van der Waals surface area contributed by atoms with Crippen molar-refractivity contribution in [2.75, 3.05) is 19.8 Å². The molecule has 5 heteroatoms. The molecule has 0 aromatic heterocycles. The molecule has 0 aromatic rings. The molecule has 0 aliphatic rings. The van der Waals surface area contributed by atoms with E-state index in [1.54, 1.807) is 0 Å². The van der Waals surface area contributed by atoms with E-state index in [9.17, 15) is 9.59 Å². The fourth-order valence-electron chi connectivity index (χ4n) is 7.91. The van der Waals surface area contributed by atoms with Crippen molar-refractivity contribution >= 4 is 11.9 Å². The van der Waals surface area contributed by atoms with E-state index in [0.717, 1.165) is 116 Å². The number of ether oxygens (including phenoxy) is 3. The highest BCUT2D eigenvalue weighted by Crippen LogP contribution is 2.15. The number of unbranched alkanes of at least 4 members (excludes halogenated alkanes) is 24. The molecule has 0 spiro atoms. The van der Waals surface area contributed by atoms with Crippen molar-refractivity contribution < 1.29 is 23.8 Å². The fourth-order valence-corrected chi connectivity index (χ4v) is 7.91. The molecule has 400 valence electrons. The lowest BCUT2D eigenvalue weighted by atomic mass is 10.0. The van der Waals surface area contributed by atoms with Crippen LogP contribution in [-0.2, 0) is 23.8 Å². The van der Waals surface area contributed by atoms with Crippen LogP contribution in [-0.4, -0.2) is 37.9 Å². The maximum atomic E-state index is 12.7. The summed E-state index contributed by atoms with van der Waals surface area (Å²) in [5, 5.41) is 0. The second-order valence-corrected chi connectivity index (χ2v) is 19.2. The predicted molar refractivity (Wildman–Crippen MR) is 306 cm³/mol. The lowest BCUT2D eigenvalue weighted by Gasteiger charge is -2.18. The van der Waals surface area contributed by atoms with Gasteiger partial charge >= 0.3 is 11.9 Å². The first kappa shape index (κ1) is 66.6. The van der Waals surface area contributed by atoms with Gasteiger partial charge in [0.25, 0.3) is 0 Å². The average Bonchev–Trinajstić information content (AvgIpc) is 3.36. The molecule has 0 bridgehead atoms. The zero-order valence-electron chi connectivity index (χ0n) is 46.0. The zero-order valence-corrected chi connectivity index (χ0v) is 46.0. The van der Waals surface area contributed by atoms with E-state index in [2.05, 4.69) is 130 Å². The van der Waals surface area contributed by atoms with Gasteiger partial charge in [0.15, 0.2) is 0 Å². The molecule has 0 aromatic carbocycles. The third kappa shape index (κ3) is 57.1. The minimum atomic E-state index is -0.433. The Balaban J connectivity index is 4.39. The molecular formula is C65H110O5. The van der Waals surface area contributed by atoms with Gasteiger partial charge in [0, 0.05) is 19.4 Å². The third-order valence-corrected chi connectivity index (χ3v) is 12.3. The number of carbonyl (C=O) groups is 2. The van der Waals surface area contributed by atoms with E-state index >= 15 is 0 Å². The number of hydrogen-bond acceptors (Lipinski definition) is 5. The molecule has 0 unspecified atom stereocenters. The molecule has 0 aliphatic heterocycles. The van der Waals surface area contributed by atoms with Gasteiger partial charge in [-0.25, -0.2) is 0 Å². The largest absolute Gasteiger partial charge is 0.463 e. The standard InChI is InChI=1S/C65H110O5/c1-4-7-10-13-16-19-22-25-28-31-33-35-37-40-43-46-49-52-55-58-64(66)69-61-63(68-60-57-54-51-48-45-42-39-30-27-24-21-18-15-12-9-6-3)62-70-65(67)59-56-53-50-47-44-41-38-36-34-32-29-26-23-20-17-14-11-8-5-2/h7,10,16-17,19-20,25-26,28-29,33-36,40-41,43-44,63H,4-6,8-9,11-15,18,21-24,27,30-32,37-39,42,45-62H2,1-3H3/b10-7-,19-16-,20-17-,28-25-,29-26-,35-33-,36-34-,43-40-,44-41-/t63-/m1/s1. The number of carbonyl (C=O) groups excluding carboxylic acids is 2. The molecule has 1 atom stereocenters. The van der Waals surface area contributed by atoms with Crippen LogP contribution in [0.25, 0.3) is 0 Å². The van der Waals surface area contributed by atoms with Gasteiger partial charge in [0.2, 0.25) is 0 Å². The normalized spacial score (nSPS) is 13.0. The number of esters is 2. The van der Waals surface area contributed by atoms with Crippen LogP contribution in [0.15, 0.2) is 109 Å². The summed E-state index contributed by atoms with van der Waals surface area (Å²) in [5.41, 5.74) is 0. The second-order valence-electron chi connectivity index (χ2n) is 19.2. The second kappa shape index (κ2) is 59.9. The highest BCUT2D eigenvalue weighted by molar-refractivity contribution is 5.69. The molecular weight excluding hydrogens is 861 g/mol. The van der Waals surface area contributed by atoms with Crippen LogP contribution in [0.2, 0.25) is 0 Å². The van der Waals surface area contributed by atoms with Gasteiger partial charge < -0.3 is 14.2 Å². The molecule has 0 heterocycles.